The van der Waals surface area contributed by atoms with Gasteiger partial charge in [-0.2, -0.15) is 13.2 Å². The second-order valence-corrected chi connectivity index (χ2v) is 3.65. The molecule has 1 heterocycles. The van der Waals surface area contributed by atoms with Crippen LogP contribution in [-0.4, -0.2) is 13.0 Å². The van der Waals surface area contributed by atoms with Crippen molar-refractivity contribution in [1.29, 1.82) is 0 Å². The van der Waals surface area contributed by atoms with Crippen molar-refractivity contribution in [3.63, 3.8) is 0 Å². The van der Waals surface area contributed by atoms with Crippen LogP contribution < -0.4 is 15.2 Å². The van der Waals surface area contributed by atoms with Gasteiger partial charge < -0.3 is 15.2 Å². The van der Waals surface area contributed by atoms with E-state index in [-0.39, 0.29) is 23.1 Å². The first kappa shape index (κ1) is 11.3. The summed E-state index contributed by atoms with van der Waals surface area (Å²) in [6.45, 7) is -0.0314. The zero-order valence-corrected chi connectivity index (χ0v) is 8.60. The molecule has 7 heteroatoms. The number of nitrogens with two attached hydrogens (primary N) is 1. The van der Waals surface area contributed by atoms with Crippen LogP contribution in [-0.2, 0) is 0 Å². The molecule has 2 rings (SSSR count). The Bertz CT molecular complexity index is 422. The van der Waals surface area contributed by atoms with Gasteiger partial charge in [0.1, 0.15) is 6.04 Å². The first-order valence-corrected chi connectivity index (χ1v) is 4.68. The molecule has 0 radical (unpaired) electrons. The molecule has 0 bridgehead atoms. The summed E-state index contributed by atoms with van der Waals surface area (Å²) in [7, 11) is 0. The molecule has 3 nitrogen and oxygen atoms in total. The van der Waals surface area contributed by atoms with Gasteiger partial charge in [0.2, 0.25) is 6.79 Å². The molecule has 1 aliphatic heterocycles. The Balaban J connectivity index is 2.42. The lowest BCUT2D eigenvalue weighted by Gasteiger charge is -2.17. The van der Waals surface area contributed by atoms with Crippen molar-refractivity contribution < 1.29 is 22.6 Å². The number of fused-ring (bicyclic) bond motifs is 1. The molecule has 0 saturated heterocycles. The maximum atomic E-state index is 12.4. The van der Waals surface area contributed by atoms with E-state index >= 15 is 0 Å². The first-order chi connectivity index (χ1) is 7.39. The smallest absolute Gasteiger partial charge is 0.407 e. The van der Waals surface area contributed by atoms with Crippen LogP contribution in [0.25, 0.3) is 0 Å². The van der Waals surface area contributed by atoms with Crippen molar-refractivity contribution >= 4 is 11.6 Å². The highest BCUT2D eigenvalue weighted by Crippen LogP contribution is 2.41. The Hall–Kier alpha value is -1.14. The van der Waals surface area contributed by atoms with Crippen LogP contribution in [0.2, 0.25) is 5.02 Å². The van der Waals surface area contributed by atoms with Crippen LogP contribution in [0.1, 0.15) is 11.6 Å². The van der Waals surface area contributed by atoms with E-state index in [1.54, 1.807) is 0 Å². The zero-order chi connectivity index (χ0) is 11.9. The van der Waals surface area contributed by atoms with Gasteiger partial charge in [0.15, 0.2) is 11.5 Å². The number of ether oxygens (including phenoxy) is 2. The topological polar surface area (TPSA) is 44.5 Å². The first-order valence-electron chi connectivity index (χ1n) is 4.31. The van der Waals surface area contributed by atoms with Crippen molar-refractivity contribution in [3.8, 4) is 11.5 Å². The molecule has 0 spiro atoms. The summed E-state index contributed by atoms with van der Waals surface area (Å²) in [5.41, 5.74) is 4.84. The number of rotatable bonds is 1. The lowest BCUT2D eigenvalue weighted by molar-refractivity contribution is -0.149. The number of hydrogen-bond acceptors (Lipinski definition) is 3. The van der Waals surface area contributed by atoms with Gasteiger partial charge in [-0.15, -0.1) is 0 Å². The van der Waals surface area contributed by atoms with Crippen LogP contribution in [0, 0.1) is 0 Å². The number of benzene rings is 1. The lowest BCUT2D eigenvalue weighted by Crippen LogP contribution is -2.28. The predicted molar refractivity (Wildman–Crippen MR) is 50.6 cm³/mol. The normalized spacial score (nSPS) is 16.3. The maximum absolute atomic E-state index is 12.4. The molecule has 2 N–H and O–H groups in total. The Morgan fingerprint density at radius 2 is 1.81 bits per heavy atom. The van der Waals surface area contributed by atoms with Gasteiger partial charge in [-0.3, -0.25) is 0 Å². The summed E-state index contributed by atoms with van der Waals surface area (Å²) in [4.78, 5) is 0. The van der Waals surface area contributed by atoms with Crippen LogP contribution >= 0.6 is 11.6 Å². The van der Waals surface area contributed by atoms with E-state index < -0.39 is 12.2 Å². The van der Waals surface area contributed by atoms with Crippen LogP contribution in [0.3, 0.4) is 0 Å². The van der Waals surface area contributed by atoms with E-state index in [9.17, 15) is 13.2 Å². The molecular weight excluding hydrogens is 247 g/mol. The van der Waals surface area contributed by atoms with Gasteiger partial charge in [-0.1, -0.05) is 11.6 Å². The van der Waals surface area contributed by atoms with E-state index in [4.69, 9.17) is 26.8 Å². The van der Waals surface area contributed by atoms with Crippen LogP contribution in [0.15, 0.2) is 12.1 Å². The highest BCUT2D eigenvalue weighted by atomic mass is 35.5. The van der Waals surface area contributed by atoms with E-state index in [0.717, 1.165) is 6.07 Å². The third-order valence-electron chi connectivity index (χ3n) is 2.18. The van der Waals surface area contributed by atoms with Crippen molar-refractivity contribution in [3.05, 3.63) is 22.7 Å². The average molecular weight is 254 g/mol. The molecule has 0 unspecified atom stereocenters. The minimum absolute atomic E-state index is 0.0314. The number of hydrogen-bond donors (Lipinski definition) is 1. The third-order valence-corrected chi connectivity index (χ3v) is 2.51. The van der Waals surface area contributed by atoms with Gasteiger partial charge >= 0.3 is 6.18 Å². The highest BCUT2D eigenvalue weighted by molar-refractivity contribution is 6.31. The van der Waals surface area contributed by atoms with E-state index in [0.29, 0.717) is 5.75 Å². The van der Waals surface area contributed by atoms with Crippen LogP contribution in [0.4, 0.5) is 13.2 Å². The molecule has 0 amide bonds. The Morgan fingerprint density at radius 3 is 2.38 bits per heavy atom. The molecule has 88 valence electrons. The lowest BCUT2D eigenvalue weighted by atomic mass is 10.1. The molecular formula is C9H7ClF3NO2. The Morgan fingerprint density at radius 1 is 1.25 bits per heavy atom. The van der Waals surface area contributed by atoms with E-state index in [1.807, 2.05) is 0 Å². The number of halogens is 4. The third kappa shape index (κ3) is 1.90. The van der Waals surface area contributed by atoms with E-state index in [2.05, 4.69) is 0 Å². The fourth-order valence-electron chi connectivity index (χ4n) is 1.35. The van der Waals surface area contributed by atoms with Gasteiger partial charge in [0.05, 0.1) is 0 Å². The van der Waals surface area contributed by atoms with Crippen molar-refractivity contribution in [2.24, 2.45) is 5.73 Å². The summed E-state index contributed by atoms with van der Waals surface area (Å²) in [6.07, 6.45) is -4.54. The standard InChI is InChI=1S/C9H7ClF3NO2/c10-5-2-7-6(15-3-16-7)1-4(5)8(14)9(11,12)13/h1-2,8H,3,14H2/t8-/m0/s1. The predicted octanol–water partition coefficient (Wildman–Crippen LogP) is 2.63. The minimum Gasteiger partial charge on any atom is -0.454 e. The van der Waals surface area contributed by atoms with Crippen molar-refractivity contribution in [1.82, 2.24) is 0 Å². The Labute approximate surface area is 93.9 Å². The SMILES string of the molecule is N[C@@H](c1cc2c(cc1Cl)OCO2)C(F)(F)F. The van der Waals surface area contributed by atoms with Crippen molar-refractivity contribution in [2.75, 3.05) is 6.79 Å². The quantitative estimate of drug-likeness (QED) is 0.837. The molecule has 16 heavy (non-hydrogen) atoms. The fraction of sp³-hybridized carbons (Fsp3) is 0.333. The summed E-state index contributed by atoms with van der Waals surface area (Å²) >= 11 is 5.69. The minimum atomic E-state index is -4.54. The molecule has 0 fully saturated rings. The summed E-state index contributed by atoms with van der Waals surface area (Å²) in [5, 5.41) is -0.0888. The second kappa shape index (κ2) is 3.71. The average Bonchev–Trinajstić information content (AvgIpc) is 2.60. The summed E-state index contributed by atoms with van der Waals surface area (Å²) in [5.74, 6) is 0.544. The summed E-state index contributed by atoms with van der Waals surface area (Å²) < 4.78 is 47.2. The molecule has 1 aromatic carbocycles. The largest absolute Gasteiger partial charge is 0.454 e. The van der Waals surface area contributed by atoms with Crippen LogP contribution in [0.5, 0.6) is 11.5 Å². The Kier molecular flexibility index (Phi) is 2.63. The maximum Gasteiger partial charge on any atom is 0.407 e. The number of alkyl halides is 3. The van der Waals surface area contributed by atoms with Gasteiger partial charge in [-0.25, -0.2) is 0 Å². The molecule has 0 aliphatic carbocycles. The highest BCUT2D eigenvalue weighted by Gasteiger charge is 2.39. The second-order valence-electron chi connectivity index (χ2n) is 3.25. The molecule has 1 aliphatic rings. The summed E-state index contributed by atoms with van der Waals surface area (Å²) in [6, 6.07) is 0.294. The van der Waals surface area contributed by atoms with Crippen molar-refractivity contribution in [2.45, 2.75) is 12.2 Å². The molecule has 0 aromatic heterocycles. The molecule has 0 saturated carbocycles. The molecule has 1 aromatic rings. The van der Waals surface area contributed by atoms with Gasteiger partial charge in [0, 0.05) is 16.7 Å². The van der Waals surface area contributed by atoms with E-state index in [1.165, 1.54) is 6.07 Å². The van der Waals surface area contributed by atoms with Gasteiger partial charge in [-0.05, 0) is 6.07 Å². The zero-order valence-electron chi connectivity index (χ0n) is 7.84. The monoisotopic (exact) mass is 253 g/mol. The van der Waals surface area contributed by atoms with Gasteiger partial charge in [0.25, 0.3) is 0 Å². The fourth-order valence-corrected chi connectivity index (χ4v) is 1.62. The molecule has 1 atom stereocenters.